The molecular weight excluding hydrogens is 306 g/mol. The summed E-state index contributed by atoms with van der Waals surface area (Å²) in [7, 11) is 2.12. The van der Waals surface area contributed by atoms with Crippen LogP contribution in [0.4, 0.5) is 0 Å². The highest BCUT2D eigenvalue weighted by atomic mass is 79.9. The maximum Gasteiger partial charge on any atom is 0.270 e. The van der Waals surface area contributed by atoms with Crippen molar-refractivity contribution in [3.05, 3.63) is 22.4 Å². The van der Waals surface area contributed by atoms with E-state index in [1.807, 2.05) is 21.7 Å². The van der Waals surface area contributed by atoms with Gasteiger partial charge in [-0.3, -0.25) is 9.69 Å². The molecule has 1 aromatic rings. The lowest BCUT2D eigenvalue weighted by Gasteiger charge is -2.45. The van der Waals surface area contributed by atoms with Crippen LogP contribution in [0, 0.1) is 0 Å². The van der Waals surface area contributed by atoms with Gasteiger partial charge in [-0.05, 0) is 49.8 Å². The fourth-order valence-electron chi connectivity index (χ4n) is 2.49. The number of carbonyl (C=O) groups is 1. The number of nitrogens with zero attached hydrogens (tertiary/aromatic N) is 3. The lowest BCUT2D eigenvalue weighted by atomic mass is 9.99. The number of hydrogen-bond donors (Lipinski definition) is 0. The first kappa shape index (κ1) is 14.6. The van der Waals surface area contributed by atoms with E-state index in [0.717, 1.165) is 36.3 Å². The number of likely N-dealkylation sites (N-methyl/N-ethyl adjacent to an activating group) is 1. The fraction of sp³-hybridized carbons (Fsp3) is 0.643. The molecule has 1 aliphatic rings. The van der Waals surface area contributed by atoms with E-state index < -0.39 is 0 Å². The van der Waals surface area contributed by atoms with Gasteiger partial charge in [0, 0.05) is 42.4 Å². The van der Waals surface area contributed by atoms with Crippen molar-refractivity contribution in [1.29, 1.82) is 0 Å². The Balaban J connectivity index is 2.20. The molecule has 2 heterocycles. The highest BCUT2D eigenvalue weighted by molar-refractivity contribution is 9.10. The van der Waals surface area contributed by atoms with Crippen molar-refractivity contribution in [3.8, 4) is 0 Å². The second kappa shape index (κ2) is 5.29. The van der Waals surface area contributed by atoms with Gasteiger partial charge in [0.15, 0.2) is 0 Å². The summed E-state index contributed by atoms with van der Waals surface area (Å²) in [5.74, 6) is 0.133. The Labute approximate surface area is 123 Å². The lowest BCUT2D eigenvalue weighted by Crippen LogP contribution is -2.59. The summed E-state index contributed by atoms with van der Waals surface area (Å²) in [4.78, 5) is 16.9. The van der Waals surface area contributed by atoms with Crippen LogP contribution >= 0.6 is 15.9 Å². The van der Waals surface area contributed by atoms with Gasteiger partial charge in [0.2, 0.25) is 0 Å². The van der Waals surface area contributed by atoms with E-state index >= 15 is 0 Å². The maximum atomic E-state index is 12.7. The SMILES string of the molecule is CCn1cc(Br)cc1C(=O)N1CCN(C)C(C)(C)C1. The van der Waals surface area contributed by atoms with Gasteiger partial charge in [0.1, 0.15) is 5.69 Å². The molecule has 106 valence electrons. The number of piperazine rings is 1. The molecule has 1 saturated heterocycles. The molecule has 0 atom stereocenters. The molecule has 0 aliphatic carbocycles. The minimum Gasteiger partial charge on any atom is -0.343 e. The Morgan fingerprint density at radius 1 is 1.42 bits per heavy atom. The average molecular weight is 328 g/mol. The quantitative estimate of drug-likeness (QED) is 0.834. The van der Waals surface area contributed by atoms with Crippen molar-refractivity contribution in [2.75, 3.05) is 26.7 Å². The fourth-order valence-corrected chi connectivity index (χ4v) is 2.95. The number of amides is 1. The van der Waals surface area contributed by atoms with Crippen LogP contribution in [-0.4, -0.2) is 52.5 Å². The van der Waals surface area contributed by atoms with Gasteiger partial charge in [-0.2, -0.15) is 0 Å². The highest BCUT2D eigenvalue weighted by Crippen LogP contribution is 2.22. The van der Waals surface area contributed by atoms with Crippen molar-refractivity contribution < 1.29 is 4.79 Å². The van der Waals surface area contributed by atoms with Gasteiger partial charge in [-0.1, -0.05) is 0 Å². The topological polar surface area (TPSA) is 28.5 Å². The van der Waals surface area contributed by atoms with Gasteiger partial charge in [0.05, 0.1) is 0 Å². The molecule has 0 N–H and O–H groups in total. The van der Waals surface area contributed by atoms with Gasteiger partial charge in [0.25, 0.3) is 5.91 Å². The predicted octanol–water partition coefficient (Wildman–Crippen LogP) is 2.44. The Morgan fingerprint density at radius 2 is 2.11 bits per heavy atom. The average Bonchev–Trinajstić information content (AvgIpc) is 2.73. The number of aromatic nitrogens is 1. The smallest absolute Gasteiger partial charge is 0.270 e. The van der Waals surface area contributed by atoms with E-state index in [4.69, 9.17) is 0 Å². The molecule has 0 unspecified atom stereocenters. The zero-order chi connectivity index (χ0) is 14.2. The second-order valence-electron chi connectivity index (χ2n) is 5.79. The first-order valence-corrected chi connectivity index (χ1v) is 7.50. The molecule has 5 heteroatoms. The molecule has 1 fully saturated rings. The summed E-state index contributed by atoms with van der Waals surface area (Å²) in [5.41, 5.74) is 0.809. The first-order chi connectivity index (χ1) is 8.85. The molecule has 4 nitrogen and oxygen atoms in total. The Morgan fingerprint density at radius 3 is 2.68 bits per heavy atom. The molecule has 19 heavy (non-hydrogen) atoms. The summed E-state index contributed by atoms with van der Waals surface area (Å²) in [6, 6.07) is 1.91. The van der Waals surface area contributed by atoms with E-state index in [9.17, 15) is 4.79 Å². The zero-order valence-electron chi connectivity index (χ0n) is 12.1. The van der Waals surface area contributed by atoms with Crippen LogP contribution in [-0.2, 0) is 6.54 Å². The largest absolute Gasteiger partial charge is 0.343 e. The van der Waals surface area contributed by atoms with Crippen molar-refractivity contribution in [1.82, 2.24) is 14.4 Å². The molecule has 0 radical (unpaired) electrons. The molecule has 0 spiro atoms. The van der Waals surface area contributed by atoms with Crippen LogP contribution in [0.2, 0.25) is 0 Å². The molecule has 2 rings (SSSR count). The van der Waals surface area contributed by atoms with Crippen LogP contribution in [0.15, 0.2) is 16.7 Å². The third kappa shape index (κ3) is 2.87. The molecule has 0 aromatic carbocycles. The number of halogens is 1. The maximum absolute atomic E-state index is 12.7. The van der Waals surface area contributed by atoms with Crippen molar-refractivity contribution in [3.63, 3.8) is 0 Å². The zero-order valence-corrected chi connectivity index (χ0v) is 13.7. The van der Waals surface area contributed by atoms with E-state index in [1.165, 1.54) is 0 Å². The van der Waals surface area contributed by atoms with E-state index in [2.05, 4.69) is 48.6 Å². The van der Waals surface area contributed by atoms with Crippen LogP contribution in [0.3, 0.4) is 0 Å². The Bertz CT molecular complexity index is 481. The number of hydrogen-bond acceptors (Lipinski definition) is 2. The van der Waals surface area contributed by atoms with Crippen LogP contribution in [0.25, 0.3) is 0 Å². The summed E-state index contributed by atoms with van der Waals surface area (Å²) in [6.45, 7) is 9.72. The minimum atomic E-state index is 0.0365. The van der Waals surface area contributed by atoms with Crippen molar-refractivity contribution in [2.24, 2.45) is 0 Å². The van der Waals surface area contributed by atoms with Gasteiger partial charge >= 0.3 is 0 Å². The van der Waals surface area contributed by atoms with Crippen molar-refractivity contribution in [2.45, 2.75) is 32.9 Å². The van der Waals surface area contributed by atoms with Crippen LogP contribution in [0.5, 0.6) is 0 Å². The molecule has 1 amide bonds. The molecular formula is C14H22BrN3O. The van der Waals surface area contributed by atoms with Gasteiger partial charge < -0.3 is 9.47 Å². The number of aryl methyl sites for hydroxylation is 1. The Hall–Kier alpha value is -0.810. The highest BCUT2D eigenvalue weighted by Gasteiger charge is 2.34. The second-order valence-corrected chi connectivity index (χ2v) is 6.71. The summed E-state index contributed by atoms with van der Waals surface area (Å²) in [6.07, 6.45) is 1.97. The Kier molecular flexibility index (Phi) is 4.06. The monoisotopic (exact) mass is 327 g/mol. The van der Waals surface area contributed by atoms with E-state index in [1.54, 1.807) is 0 Å². The van der Waals surface area contributed by atoms with Gasteiger partial charge in [-0.15, -0.1) is 0 Å². The molecule has 1 aliphatic heterocycles. The minimum absolute atomic E-state index is 0.0365. The molecule has 1 aromatic heterocycles. The van der Waals surface area contributed by atoms with Gasteiger partial charge in [-0.25, -0.2) is 0 Å². The third-order valence-electron chi connectivity index (χ3n) is 4.03. The number of carbonyl (C=O) groups excluding carboxylic acids is 1. The summed E-state index contributed by atoms with van der Waals surface area (Å²) >= 11 is 3.45. The van der Waals surface area contributed by atoms with Crippen LogP contribution < -0.4 is 0 Å². The first-order valence-electron chi connectivity index (χ1n) is 6.71. The number of rotatable bonds is 2. The predicted molar refractivity (Wildman–Crippen MR) is 80.4 cm³/mol. The third-order valence-corrected chi connectivity index (χ3v) is 4.46. The van der Waals surface area contributed by atoms with E-state index in [0.29, 0.717) is 0 Å². The van der Waals surface area contributed by atoms with Crippen LogP contribution in [0.1, 0.15) is 31.3 Å². The molecule has 0 bridgehead atoms. The van der Waals surface area contributed by atoms with E-state index in [-0.39, 0.29) is 11.4 Å². The molecule has 0 saturated carbocycles. The van der Waals surface area contributed by atoms with Crippen molar-refractivity contribution >= 4 is 21.8 Å². The summed E-state index contributed by atoms with van der Waals surface area (Å²) < 4.78 is 2.96. The lowest BCUT2D eigenvalue weighted by molar-refractivity contribution is 0.0304. The summed E-state index contributed by atoms with van der Waals surface area (Å²) in [5, 5.41) is 0. The normalized spacial score (nSPS) is 19.7. The standard InChI is InChI=1S/C14H22BrN3O/c1-5-17-9-11(15)8-12(17)13(19)18-7-6-16(4)14(2,3)10-18/h8-9H,5-7,10H2,1-4H3.